The Kier molecular flexibility index (Phi) is 8.54. The van der Waals surface area contributed by atoms with Gasteiger partial charge < -0.3 is 20.2 Å². The molecule has 0 bridgehead atoms. The van der Waals surface area contributed by atoms with Crippen molar-refractivity contribution in [3.8, 4) is 0 Å². The van der Waals surface area contributed by atoms with E-state index in [1.807, 2.05) is 47.2 Å². The maximum absolute atomic E-state index is 14.2. The molecule has 0 aliphatic carbocycles. The minimum atomic E-state index is -0.765. The molecule has 0 aliphatic rings. The van der Waals surface area contributed by atoms with Gasteiger partial charge in [0.1, 0.15) is 6.04 Å². The highest BCUT2D eigenvalue weighted by atomic mass is 16.2. The van der Waals surface area contributed by atoms with Gasteiger partial charge in [0.25, 0.3) is 0 Å². The fourth-order valence-corrected chi connectivity index (χ4v) is 5.69. The lowest BCUT2D eigenvalue weighted by atomic mass is 9.87. The maximum atomic E-state index is 14.2. The molecule has 216 valence electrons. The number of imidazole rings is 2. The summed E-state index contributed by atoms with van der Waals surface area (Å²) in [6.45, 7) is 1.00. The fourth-order valence-electron chi connectivity index (χ4n) is 5.69. The molecule has 2 heterocycles. The number of H-pyrrole nitrogens is 1. The number of carbonyl (C=O) groups excluding carboxylic acids is 2. The quantitative estimate of drug-likeness (QED) is 0.196. The van der Waals surface area contributed by atoms with Gasteiger partial charge >= 0.3 is 0 Å². The van der Waals surface area contributed by atoms with Crippen molar-refractivity contribution in [3.05, 3.63) is 133 Å². The summed E-state index contributed by atoms with van der Waals surface area (Å²) in [7, 11) is 0. The third kappa shape index (κ3) is 6.81. The van der Waals surface area contributed by atoms with Crippen LogP contribution in [0.5, 0.6) is 0 Å². The summed E-state index contributed by atoms with van der Waals surface area (Å²) in [5, 5.41) is 10.6. The predicted octanol–water partition coefficient (Wildman–Crippen LogP) is 4.86. The SMILES string of the molecule is O=C(NC(Cc1cnc[nH]1)C(=O)NCCn1ccnc1)C(Cc1cccc2ccccc12)Cc1cccc2ccccc12. The van der Waals surface area contributed by atoms with Gasteiger partial charge in [-0.15, -0.1) is 0 Å². The molecule has 3 N–H and O–H groups in total. The first-order valence-electron chi connectivity index (χ1n) is 14.6. The van der Waals surface area contributed by atoms with Crippen LogP contribution in [0.2, 0.25) is 0 Å². The molecule has 8 nitrogen and oxygen atoms in total. The zero-order valence-corrected chi connectivity index (χ0v) is 23.8. The number of fused-ring (bicyclic) bond motifs is 2. The molecule has 0 saturated heterocycles. The van der Waals surface area contributed by atoms with Crippen molar-refractivity contribution in [1.29, 1.82) is 0 Å². The first kappa shape index (κ1) is 27.9. The van der Waals surface area contributed by atoms with Crippen LogP contribution in [-0.2, 0) is 35.4 Å². The third-order valence-corrected chi connectivity index (χ3v) is 7.90. The van der Waals surface area contributed by atoms with Crippen molar-refractivity contribution < 1.29 is 9.59 Å². The molecule has 8 heteroatoms. The highest BCUT2D eigenvalue weighted by molar-refractivity contribution is 5.91. The maximum Gasteiger partial charge on any atom is 0.243 e. The fraction of sp³-hybridized carbons (Fsp3) is 0.200. The molecular formula is C35H34N6O2. The van der Waals surface area contributed by atoms with Gasteiger partial charge in [-0.05, 0) is 45.5 Å². The van der Waals surface area contributed by atoms with E-state index in [4.69, 9.17) is 0 Å². The zero-order chi connectivity index (χ0) is 29.4. The van der Waals surface area contributed by atoms with Crippen LogP contribution < -0.4 is 10.6 Å². The summed E-state index contributed by atoms with van der Waals surface area (Å²) in [6, 6.07) is 28.2. The van der Waals surface area contributed by atoms with Crippen molar-refractivity contribution in [1.82, 2.24) is 30.2 Å². The Morgan fingerprint density at radius 2 is 1.42 bits per heavy atom. The van der Waals surface area contributed by atoms with Gasteiger partial charge in [0.15, 0.2) is 0 Å². The van der Waals surface area contributed by atoms with Crippen LogP contribution in [0.15, 0.2) is 116 Å². The number of nitrogens with zero attached hydrogens (tertiary/aromatic N) is 3. The molecule has 0 aliphatic heterocycles. The molecule has 6 rings (SSSR count). The van der Waals surface area contributed by atoms with E-state index in [9.17, 15) is 9.59 Å². The van der Waals surface area contributed by atoms with Gasteiger partial charge in [0, 0.05) is 49.7 Å². The summed E-state index contributed by atoms with van der Waals surface area (Å²) >= 11 is 0. The third-order valence-electron chi connectivity index (χ3n) is 7.90. The first-order chi connectivity index (χ1) is 21.1. The van der Waals surface area contributed by atoms with E-state index in [0.29, 0.717) is 32.4 Å². The number of nitrogens with one attached hydrogen (secondary N) is 3. The number of aromatic nitrogens is 4. The minimum absolute atomic E-state index is 0.157. The van der Waals surface area contributed by atoms with Gasteiger partial charge in [-0.25, -0.2) is 9.97 Å². The standard InChI is InChI=1S/C35H34N6O2/c42-34(40-33(21-30-22-37-23-39-30)35(43)38-16-18-41-17-15-36-24-41)29(19-27-11-5-9-25-7-1-3-13-31(25)27)20-28-12-6-10-26-8-2-4-14-32(26)28/h1-15,17,22-24,29,33H,16,18-21H2,(H,37,39)(H,38,43)(H,40,42). The highest BCUT2D eigenvalue weighted by Crippen LogP contribution is 2.26. The molecule has 1 atom stereocenters. The van der Waals surface area contributed by atoms with Crippen molar-refractivity contribution in [2.24, 2.45) is 5.92 Å². The lowest BCUT2D eigenvalue weighted by molar-refractivity contribution is -0.131. The van der Waals surface area contributed by atoms with Gasteiger partial charge in [-0.2, -0.15) is 0 Å². The summed E-state index contributed by atoms with van der Waals surface area (Å²) in [5.74, 6) is -0.799. The van der Waals surface area contributed by atoms with E-state index in [2.05, 4.69) is 74.1 Å². The topological polar surface area (TPSA) is 105 Å². The van der Waals surface area contributed by atoms with Crippen LogP contribution in [0.1, 0.15) is 16.8 Å². The number of hydrogen-bond donors (Lipinski definition) is 3. The van der Waals surface area contributed by atoms with Crippen molar-refractivity contribution >= 4 is 33.4 Å². The molecule has 2 aromatic heterocycles. The lowest BCUT2D eigenvalue weighted by Gasteiger charge is -2.23. The van der Waals surface area contributed by atoms with Crippen LogP contribution in [0.3, 0.4) is 0 Å². The summed E-state index contributed by atoms with van der Waals surface area (Å²) in [4.78, 5) is 38.9. The summed E-state index contributed by atoms with van der Waals surface area (Å²) in [5.41, 5.74) is 2.98. The Morgan fingerprint density at radius 1 is 0.767 bits per heavy atom. The Morgan fingerprint density at radius 3 is 2.02 bits per heavy atom. The molecule has 1 unspecified atom stereocenters. The number of carbonyl (C=O) groups is 2. The number of amides is 2. The average Bonchev–Trinajstić information content (AvgIpc) is 3.75. The number of hydrogen-bond acceptors (Lipinski definition) is 4. The van der Waals surface area contributed by atoms with Gasteiger partial charge in [0.05, 0.1) is 12.7 Å². The van der Waals surface area contributed by atoms with E-state index in [-0.39, 0.29) is 11.8 Å². The van der Waals surface area contributed by atoms with Gasteiger partial charge in [0.2, 0.25) is 11.8 Å². The van der Waals surface area contributed by atoms with Crippen molar-refractivity contribution in [3.63, 3.8) is 0 Å². The average molecular weight is 571 g/mol. The number of rotatable bonds is 12. The number of aromatic amines is 1. The van der Waals surface area contributed by atoms with E-state index in [0.717, 1.165) is 38.4 Å². The smallest absolute Gasteiger partial charge is 0.243 e. The van der Waals surface area contributed by atoms with E-state index >= 15 is 0 Å². The molecule has 0 saturated carbocycles. The zero-order valence-electron chi connectivity index (χ0n) is 23.8. The normalized spacial score (nSPS) is 12.0. The van der Waals surface area contributed by atoms with Gasteiger partial charge in [-0.1, -0.05) is 84.9 Å². The molecule has 6 aromatic rings. The second-order valence-electron chi connectivity index (χ2n) is 10.8. The molecule has 2 amide bonds. The van der Waals surface area contributed by atoms with Crippen LogP contribution >= 0.6 is 0 Å². The first-order valence-corrected chi connectivity index (χ1v) is 14.6. The Labute approximate surface area is 250 Å². The Balaban J connectivity index is 1.27. The molecule has 0 radical (unpaired) electrons. The van der Waals surface area contributed by atoms with E-state index in [1.54, 1.807) is 25.0 Å². The second kappa shape index (κ2) is 13.2. The monoisotopic (exact) mass is 570 g/mol. The molecule has 0 fully saturated rings. The molecule has 4 aromatic carbocycles. The lowest BCUT2D eigenvalue weighted by Crippen LogP contribution is -2.50. The van der Waals surface area contributed by atoms with Crippen molar-refractivity contribution in [2.75, 3.05) is 6.54 Å². The van der Waals surface area contributed by atoms with Crippen molar-refractivity contribution in [2.45, 2.75) is 31.8 Å². The van der Waals surface area contributed by atoms with E-state index < -0.39 is 12.0 Å². The van der Waals surface area contributed by atoms with Crippen LogP contribution in [0, 0.1) is 5.92 Å². The van der Waals surface area contributed by atoms with Crippen LogP contribution in [-0.4, -0.2) is 43.9 Å². The Bertz CT molecular complexity index is 1720. The number of benzene rings is 4. The predicted molar refractivity (Wildman–Crippen MR) is 168 cm³/mol. The summed E-state index contributed by atoms with van der Waals surface area (Å²) in [6.07, 6.45) is 9.90. The largest absolute Gasteiger partial charge is 0.353 e. The van der Waals surface area contributed by atoms with Gasteiger partial charge in [-0.3, -0.25) is 9.59 Å². The molecule has 0 spiro atoms. The van der Waals surface area contributed by atoms with Crippen LogP contribution in [0.4, 0.5) is 0 Å². The van der Waals surface area contributed by atoms with E-state index in [1.165, 1.54) is 0 Å². The minimum Gasteiger partial charge on any atom is -0.353 e. The summed E-state index contributed by atoms with van der Waals surface area (Å²) < 4.78 is 1.90. The van der Waals surface area contributed by atoms with Crippen LogP contribution in [0.25, 0.3) is 21.5 Å². The second-order valence-corrected chi connectivity index (χ2v) is 10.8. The highest BCUT2D eigenvalue weighted by Gasteiger charge is 2.27. The molecule has 43 heavy (non-hydrogen) atoms. The Hall–Kier alpha value is -5.24. The molecular weight excluding hydrogens is 536 g/mol.